The lowest BCUT2D eigenvalue weighted by Crippen LogP contribution is -2.35. The normalized spacial score (nSPS) is 25.8. The maximum atomic E-state index is 13.8. The summed E-state index contributed by atoms with van der Waals surface area (Å²) in [6.07, 6.45) is 3.49. The van der Waals surface area contributed by atoms with Gasteiger partial charge in [-0.2, -0.15) is 4.98 Å². The Morgan fingerprint density at radius 2 is 2.14 bits per heavy atom. The van der Waals surface area contributed by atoms with Crippen LogP contribution in [0.1, 0.15) is 68.6 Å². The third-order valence-electron chi connectivity index (χ3n) is 7.04. The van der Waals surface area contributed by atoms with Gasteiger partial charge in [-0.25, -0.2) is 14.1 Å². The number of nitrogens with zero attached hydrogens (tertiary/aromatic N) is 6. The topological polar surface area (TPSA) is 141 Å². The van der Waals surface area contributed by atoms with Crippen LogP contribution in [0.3, 0.4) is 0 Å². The van der Waals surface area contributed by atoms with E-state index in [4.69, 9.17) is 9.26 Å². The monoisotopic (exact) mass is 499 g/mol. The number of ether oxygens (including phenoxy) is 1. The number of alkyl halides is 1. The molecule has 3 aromatic rings. The second kappa shape index (κ2) is 9.47. The number of carboxylic acids is 1. The number of aliphatic carboxylic acids is 1. The molecule has 12 heteroatoms. The minimum Gasteiger partial charge on any atom is -0.489 e. The quantitative estimate of drug-likeness (QED) is 0.470. The number of carboxylic acid groups (broad SMARTS) is 1. The molecule has 192 valence electrons. The number of anilines is 1. The van der Waals surface area contributed by atoms with Gasteiger partial charge in [0.05, 0.1) is 35.6 Å². The Bertz CT molecular complexity index is 1250. The van der Waals surface area contributed by atoms with Crippen molar-refractivity contribution in [2.45, 2.75) is 76.6 Å². The Kier molecular flexibility index (Phi) is 6.35. The Labute approximate surface area is 207 Å². The van der Waals surface area contributed by atoms with Gasteiger partial charge >= 0.3 is 5.97 Å². The predicted octanol–water partition coefficient (Wildman–Crippen LogP) is 3.81. The average molecular weight is 500 g/mol. The van der Waals surface area contributed by atoms with E-state index in [1.807, 2.05) is 19.1 Å². The highest BCUT2D eigenvalue weighted by Gasteiger charge is 2.44. The lowest BCUT2D eigenvalue weighted by Gasteiger charge is -2.36. The summed E-state index contributed by atoms with van der Waals surface area (Å²) >= 11 is 0. The Morgan fingerprint density at radius 1 is 1.33 bits per heavy atom. The van der Waals surface area contributed by atoms with Crippen molar-refractivity contribution in [1.29, 1.82) is 0 Å². The van der Waals surface area contributed by atoms with E-state index in [-0.39, 0.29) is 17.9 Å². The van der Waals surface area contributed by atoms with Gasteiger partial charge in [0.2, 0.25) is 5.89 Å². The molecular formula is C24H30FN7O4. The van der Waals surface area contributed by atoms with Crippen LogP contribution in [0.2, 0.25) is 0 Å². The van der Waals surface area contributed by atoms with E-state index in [1.165, 1.54) is 0 Å². The summed E-state index contributed by atoms with van der Waals surface area (Å²) in [6, 6.07) is 3.67. The van der Waals surface area contributed by atoms with Crippen LogP contribution in [-0.2, 0) is 18.4 Å². The SMILES string of the molecule is Cc1nc(-c2nnn(C)c2CNc2noc([C@H]3C[C@@](C)(F)C3)n2)ccc1O[C@H]1CCC[C@H](C(=O)O)C1. The van der Waals surface area contributed by atoms with Crippen molar-refractivity contribution >= 4 is 11.9 Å². The molecule has 0 amide bonds. The summed E-state index contributed by atoms with van der Waals surface area (Å²) in [6.45, 7) is 3.77. The van der Waals surface area contributed by atoms with Crippen LogP contribution in [0.5, 0.6) is 5.75 Å². The van der Waals surface area contributed by atoms with Gasteiger partial charge in [0, 0.05) is 13.0 Å². The van der Waals surface area contributed by atoms with Gasteiger partial charge in [0.15, 0.2) is 0 Å². The zero-order valence-corrected chi connectivity index (χ0v) is 20.6. The van der Waals surface area contributed by atoms with Crippen LogP contribution in [0.15, 0.2) is 16.7 Å². The highest BCUT2D eigenvalue weighted by molar-refractivity contribution is 5.70. The molecule has 2 fully saturated rings. The molecule has 0 spiro atoms. The molecule has 0 radical (unpaired) electrons. The number of rotatable bonds is 8. The molecule has 0 unspecified atom stereocenters. The summed E-state index contributed by atoms with van der Waals surface area (Å²) < 4.78 is 26.9. The first-order valence-electron chi connectivity index (χ1n) is 12.2. The number of nitrogens with one attached hydrogen (secondary N) is 1. The highest BCUT2D eigenvalue weighted by Crippen LogP contribution is 2.46. The molecule has 2 N–H and O–H groups in total. The van der Waals surface area contributed by atoms with Gasteiger partial charge in [0.25, 0.3) is 5.95 Å². The van der Waals surface area contributed by atoms with Crippen LogP contribution < -0.4 is 10.1 Å². The Hall–Kier alpha value is -3.57. The average Bonchev–Trinajstić information content (AvgIpc) is 3.44. The second-order valence-corrected chi connectivity index (χ2v) is 10.1. The Balaban J connectivity index is 1.25. The van der Waals surface area contributed by atoms with Crippen LogP contribution in [-0.4, -0.2) is 53.0 Å². The highest BCUT2D eigenvalue weighted by atomic mass is 19.1. The first-order chi connectivity index (χ1) is 17.2. The Morgan fingerprint density at radius 3 is 2.86 bits per heavy atom. The van der Waals surface area contributed by atoms with E-state index in [0.717, 1.165) is 18.5 Å². The molecule has 5 rings (SSSR count). The second-order valence-electron chi connectivity index (χ2n) is 10.1. The third kappa shape index (κ3) is 5.02. The minimum absolute atomic E-state index is 0.0477. The summed E-state index contributed by atoms with van der Waals surface area (Å²) in [5, 5.41) is 24.8. The molecule has 2 aliphatic rings. The van der Waals surface area contributed by atoms with Gasteiger partial charge in [-0.05, 0) is 69.7 Å². The molecule has 0 aliphatic heterocycles. The van der Waals surface area contributed by atoms with Crippen molar-refractivity contribution in [2.24, 2.45) is 13.0 Å². The first-order valence-corrected chi connectivity index (χ1v) is 12.2. The van der Waals surface area contributed by atoms with Crippen molar-refractivity contribution in [3.05, 3.63) is 29.4 Å². The van der Waals surface area contributed by atoms with Crippen molar-refractivity contribution in [1.82, 2.24) is 30.1 Å². The fourth-order valence-electron chi connectivity index (χ4n) is 5.01. The van der Waals surface area contributed by atoms with Crippen molar-refractivity contribution < 1.29 is 23.6 Å². The van der Waals surface area contributed by atoms with Gasteiger partial charge < -0.3 is 19.7 Å². The fourth-order valence-corrected chi connectivity index (χ4v) is 5.01. The number of halogens is 1. The van der Waals surface area contributed by atoms with E-state index in [2.05, 4.69) is 30.8 Å². The van der Waals surface area contributed by atoms with Gasteiger partial charge in [-0.1, -0.05) is 5.21 Å². The zero-order valence-electron chi connectivity index (χ0n) is 20.6. The van der Waals surface area contributed by atoms with Gasteiger partial charge in [0.1, 0.15) is 17.1 Å². The molecule has 3 heterocycles. The zero-order chi connectivity index (χ0) is 25.4. The molecule has 2 saturated carbocycles. The molecule has 2 aliphatic carbocycles. The summed E-state index contributed by atoms with van der Waals surface area (Å²) in [5.74, 6) is 0.228. The molecule has 0 aromatic carbocycles. The predicted molar refractivity (Wildman–Crippen MR) is 126 cm³/mol. The minimum atomic E-state index is -1.16. The van der Waals surface area contributed by atoms with Gasteiger partial charge in [-0.15, -0.1) is 5.10 Å². The number of aromatic nitrogens is 6. The maximum absolute atomic E-state index is 13.8. The molecular weight excluding hydrogens is 469 g/mol. The summed E-state index contributed by atoms with van der Waals surface area (Å²) in [7, 11) is 1.79. The van der Waals surface area contributed by atoms with E-state index in [9.17, 15) is 14.3 Å². The summed E-state index contributed by atoms with van der Waals surface area (Å²) in [5.41, 5.74) is 1.56. The lowest BCUT2D eigenvalue weighted by atomic mass is 9.73. The van der Waals surface area contributed by atoms with Crippen molar-refractivity contribution in [2.75, 3.05) is 5.32 Å². The van der Waals surface area contributed by atoms with Crippen LogP contribution in [0.25, 0.3) is 11.4 Å². The number of hydrogen-bond donors (Lipinski definition) is 2. The third-order valence-corrected chi connectivity index (χ3v) is 7.04. The van der Waals surface area contributed by atoms with Crippen molar-refractivity contribution in [3.63, 3.8) is 0 Å². The standard InChI is InChI=1S/C24H30FN7O4/c1-13-19(35-16-6-4-5-14(9-16)22(33)34)8-7-17(27-13)20-18(32(3)31-29-20)12-26-23-28-21(36-30-23)15-10-24(2,25)11-15/h7-8,14-16H,4-6,9-12H2,1-3H3,(H,26,30)(H,33,34)/t14-,15-,16-,24+/m0/s1. The molecule has 3 aromatic heterocycles. The first kappa shape index (κ1) is 24.1. The van der Waals surface area contributed by atoms with Crippen LogP contribution in [0, 0.1) is 12.8 Å². The van der Waals surface area contributed by atoms with E-state index >= 15 is 0 Å². The van der Waals surface area contributed by atoms with Crippen LogP contribution >= 0.6 is 0 Å². The van der Waals surface area contributed by atoms with E-state index < -0.39 is 11.6 Å². The number of pyridine rings is 1. The van der Waals surface area contributed by atoms with Gasteiger partial charge in [-0.3, -0.25) is 4.79 Å². The smallest absolute Gasteiger partial charge is 0.306 e. The van der Waals surface area contributed by atoms with E-state index in [0.29, 0.717) is 66.9 Å². The molecule has 2 atom stereocenters. The van der Waals surface area contributed by atoms with Crippen molar-refractivity contribution in [3.8, 4) is 17.1 Å². The maximum Gasteiger partial charge on any atom is 0.306 e. The van der Waals surface area contributed by atoms with Crippen LogP contribution in [0.4, 0.5) is 10.3 Å². The molecule has 36 heavy (non-hydrogen) atoms. The van der Waals surface area contributed by atoms with E-state index in [1.54, 1.807) is 18.7 Å². The number of hydrogen-bond acceptors (Lipinski definition) is 9. The summed E-state index contributed by atoms with van der Waals surface area (Å²) in [4.78, 5) is 20.4. The molecule has 11 nitrogen and oxygen atoms in total. The number of aryl methyl sites for hydroxylation is 2. The molecule has 0 saturated heterocycles. The number of carbonyl (C=O) groups is 1. The fraction of sp³-hybridized carbons (Fsp3) is 0.583. The largest absolute Gasteiger partial charge is 0.489 e. The molecule has 0 bridgehead atoms. The lowest BCUT2D eigenvalue weighted by molar-refractivity contribution is -0.143.